The molecule has 0 heterocycles. The first-order valence-electron chi connectivity index (χ1n) is 4.11. The normalized spacial score (nSPS) is 11.2. The van der Waals surface area contributed by atoms with Gasteiger partial charge in [-0.25, -0.2) is 0 Å². The average Bonchev–Trinajstić information content (AvgIpc) is 1.82. The predicted octanol–water partition coefficient (Wildman–Crippen LogP) is 2.52. The standard InChI is InChI=1S/C9H16N2Si/c1-12(2,3)11-9-6-4-5-8(10)7-9/h4-7,11H,10H2,1-3H3. The molecule has 1 aromatic rings. The number of hydrogen-bond acceptors (Lipinski definition) is 2. The summed E-state index contributed by atoms with van der Waals surface area (Å²) >= 11 is 0. The van der Waals surface area contributed by atoms with Gasteiger partial charge in [0.1, 0.15) is 8.24 Å². The van der Waals surface area contributed by atoms with Gasteiger partial charge in [-0.3, -0.25) is 0 Å². The maximum absolute atomic E-state index is 5.65. The van der Waals surface area contributed by atoms with Crippen molar-refractivity contribution in [2.24, 2.45) is 0 Å². The summed E-state index contributed by atoms with van der Waals surface area (Å²) in [7, 11) is -1.23. The van der Waals surface area contributed by atoms with Crippen LogP contribution < -0.4 is 10.7 Å². The van der Waals surface area contributed by atoms with Crippen LogP contribution in [-0.4, -0.2) is 8.24 Å². The minimum absolute atomic E-state index is 0.818. The molecule has 0 atom stereocenters. The van der Waals surface area contributed by atoms with Gasteiger partial charge in [0.05, 0.1) is 0 Å². The lowest BCUT2D eigenvalue weighted by molar-refractivity contribution is 1.57. The lowest BCUT2D eigenvalue weighted by Crippen LogP contribution is -2.32. The first-order valence-corrected chi connectivity index (χ1v) is 7.61. The van der Waals surface area contributed by atoms with Gasteiger partial charge in [-0.05, 0) is 18.2 Å². The lowest BCUT2D eigenvalue weighted by atomic mass is 10.3. The van der Waals surface area contributed by atoms with Crippen LogP contribution in [0.5, 0.6) is 0 Å². The van der Waals surface area contributed by atoms with Crippen LogP contribution in [0.2, 0.25) is 19.6 Å². The van der Waals surface area contributed by atoms with E-state index in [0.717, 1.165) is 11.4 Å². The summed E-state index contributed by atoms with van der Waals surface area (Å²) < 4.78 is 0. The van der Waals surface area contributed by atoms with Crippen molar-refractivity contribution in [2.45, 2.75) is 19.6 Å². The van der Waals surface area contributed by atoms with Crippen LogP contribution in [0.25, 0.3) is 0 Å². The third-order valence-electron chi connectivity index (χ3n) is 1.41. The molecule has 0 aliphatic rings. The zero-order chi connectivity index (χ0) is 9.19. The molecule has 66 valence electrons. The van der Waals surface area contributed by atoms with Gasteiger partial charge in [-0.2, -0.15) is 0 Å². The summed E-state index contributed by atoms with van der Waals surface area (Å²) in [4.78, 5) is 3.48. The van der Waals surface area contributed by atoms with E-state index < -0.39 is 8.24 Å². The Hall–Kier alpha value is -0.963. The maximum atomic E-state index is 5.65. The highest BCUT2D eigenvalue weighted by Crippen LogP contribution is 2.15. The first-order chi connectivity index (χ1) is 5.47. The summed E-state index contributed by atoms with van der Waals surface area (Å²) in [5.41, 5.74) is 7.60. The third-order valence-corrected chi connectivity index (χ3v) is 2.44. The van der Waals surface area contributed by atoms with E-state index >= 15 is 0 Å². The summed E-state index contributed by atoms with van der Waals surface area (Å²) in [6, 6.07) is 7.89. The van der Waals surface area contributed by atoms with Crippen molar-refractivity contribution in [1.82, 2.24) is 0 Å². The maximum Gasteiger partial charge on any atom is 0.144 e. The molecule has 0 saturated heterocycles. The van der Waals surface area contributed by atoms with E-state index in [9.17, 15) is 0 Å². The van der Waals surface area contributed by atoms with Gasteiger partial charge in [0.25, 0.3) is 0 Å². The third kappa shape index (κ3) is 2.96. The van der Waals surface area contributed by atoms with E-state index in [2.05, 4.69) is 30.7 Å². The van der Waals surface area contributed by atoms with E-state index in [4.69, 9.17) is 5.73 Å². The molecule has 0 fully saturated rings. The second-order valence-electron chi connectivity index (χ2n) is 4.00. The van der Waals surface area contributed by atoms with Crippen molar-refractivity contribution in [1.29, 1.82) is 0 Å². The molecule has 12 heavy (non-hydrogen) atoms. The zero-order valence-corrected chi connectivity index (χ0v) is 8.89. The summed E-state index contributed by atoms with van der Waals surface area (Å²) in [6.45, 7) is 6.78. The second kappa shape index (κ2) is 3.19. The molecule has 0 unspecified atom stereocenters. The molecule has 0 aliphatic carbocycles. The van der Waals surface area contributed by atoms with Crippen molar-refractivity contribution < 1.29 is 0 Å². The molecule has 1 aromatic carbocycles. The Bertz CT molecular complexity index is 265. The number of hydrogen-bond donors (Lipinski definition) is 2. The highest BCUT2D eigenvalue weighted by atomic mass is 28.3. The lowest BCUT2D eigenvalue weighted by Gasteiger charge is -2.19. The number of nitrogens with one attached hydrogen (secondary N) is 1. The van der Waals surface area contributed by atoms with Gasteiger partial charge < -0.3 is 10.7 Å². The highest BCUT2D eigenvalue weighted by molar-refractivity contribution is 6.79. The second-order valence-corrected chi connectivity index (χ2v) is 8.75. The summed E-state index contributed by atoms with van der Waals surface area (Å²) in [5.74, 6) is 0. The van der Waals surface area contributed by atoms with E-state index in [1.807, 2.05) is 18.2 Å². The van der Waals surface area contributed by atoms with Gasteiger partial charge in [0, 0.05) is 11.4 Å². The molecule has 0 amide bonds. The number of rotatable bonds is 2. The van der Waals surface area contributed by atoms with Crippen molar-refractivity contribution >= 4 is 19.6 Å². The van der Waals surface area contributed by atoms with Crippen LogP contribution in [0.3, 0.4) is 0 Å². The van der Waals surface area contributed by atoms with Crippen molar-refractivity contribution in [3.05, 3.63) is 24.3 Å². The van der Waals surface area contributed by atoms with Crippen LogP contribution in [0.1, 0.15) is 0 Å². The zero-order valence-electron chi connectivity index (χ0n) is 7.89. The van der Waals surface area contributed by atoms with Gasteiger partial charge in [-0.1, -0.05) is 25.7 Å². The fourth-order valence-electron chi connectivity index (χ4n) is 1.05. The molecule has 0 aliphatic heterocycles. The molecular formula is C9H16N2Si. The van der Waals surface area contributed by atoms with Crippen molar-refractivity contribution in [3.63, 3.8) is 0 Å². The molecule has 0 bridgehead atoms. The fourth-order valence-corrected chi connectivity index (χ4v) is 2.07. The Balaban J connectivity index is 2.77. The van der Waals surface area contributed by atoms with E-state index in [1.165, 1.54) is 0 Å². The predicted molar refractivity (Wildman–Crippen MR) is 57.8 cm³/mol. The summed E-state index contributed by atoms with van der Waals surface area (Å²) in [5, 5.41) is 0. The monoisotopic (exact) mass is 180 g/mol. The van der Waals surface area contributed by atoms with Gasteiger partial charge >= 0.3 is 0 Å². The molecular weight excluding hydrogens is 164 g/mol. The van der Waals surface area contributed by atoms with Crippen LogP contribution in [0, 0.1) is 0 Å². The van der Waals surface area contributed by atoms with Gasteiger partial charge in [0.15, 0.2) is 0 Å². The first kappa shape index (κ1) is 9.13. The van der Waals surface area contributed by atoms with Crippen LogP contribution >= 0.6 is 0 Å². The molecule has 1 rings (SSSR count). The highest BCUT2D eigenvalue weighted by Gasteiger charge is 2.12. The topological polar surface area (TPSA) is 38.0 Å². The Morgan fingerprint density at radius 2 is 1.92 bits per heavy atom. The molecule has 3 N–H and O–H groups in total. The molecule has 3 heteroatoms. The fraction of sp³-hybridized carbons (Fsp3) is 0.333. The van der Waals surface area contributed by atoms with Crippen LogP contribution in [-0.2, 0) is 0 Å². The minimum Gasteiger partial charge on any atom is -0.411 e. The number of nitrogens with two attached hydrogens (primary N) is 1. The van der Waals surface area contributed by atoms with Crippen LogP contribution in [0.4, 0.5) is 11.4 Å². The number of benzene rings is 1. The van der Waals surface area contributed by atoms with E-state index in [0.29, 0.717) is 0 Å². The SMILES string of the molecule is C[Si](C)(C)Nc1cccc(N)c1. The Morgan fingerprint density at radius 3 is 2.42 bits per heavy atom. The van der Waals surface area contributed by atoms with Crippen molar-refractivity contribution in [2.75, 3.05) is 10.7 Å². The van der Waals surface area contributed by atoms with Crippen LogP contribution in [0.15, 0.2) is 24.3 Å². The molecule has 0 spiro atoms. The Morgan fingerprint density at radius 1 is 1.25 bits per heavy atom. The Kier molecular flexibility index (Phi) is 2.42. The largest absolute Gasteiger partial charge is 0.411 e. The molecule has 0 aromatic heterocycles. The number of anilines is 2. The molecule has 0 radical (unpaired) electrons. The summed E-state index contributed by atoms with van der Waals surface area (Å²) in [6.07, 6.45) is 0. The number of nitrogen functional groups attached to an aromatic ring is 1. The molecule has 2 nitrogen and oxygen atoms in total. The van der Waals surface area contributed by atoms with Crippen molar-refractivity contribution in [3.8, 4) is 0 Å². The smallest absolute Gasteiger partial charge is 0.144 e. The quantitative estimate of drug-likeness (QED) is 0.542. The average molecular weight is 180 g/mol. The van der Waals surface area contributed by atoms with E-state index in [-0.39, 0.29) is 0 Å². The Labute approximate surface area is 74.9 Å². The van der Waals surface area contributed by atoms with E-state index in [1.54, 1.807) is 0 Å². The minimum atomic E-state index is -1.23. The molecule has 0 saturated carbocycles. The van der Waals surface area contributed by atoms with Gasteiger partial charge in [-0.15, -0.1) is 0 Å². The van der Waals surface area contributed by atoms with Gasteiger partial charge in [0.2, 0.25) is 0 Å².